The lowest BCUT2D eigenvalue weighted by molar-refractivity contribution is 0.588. The van der Waals surface area contributed by atoms with Crippen LogP contribution in [0.5, 0.6) is 0 Å². The number of nitrogens with two attached hydrogens (primary N) is 1. The van der Waals surface area contributed by atoms with Crippen molar-refractivity contribution in [1.82, 2.24) is 20.2 Å². The number of nitrogens with zero attached hydrogens (tertiary/aromatic N) is 5. The molecule has 1 rings (SSSR count). The molecule has 0 aliphatic heterocycles. The van der Waals surface area contributed by atoms with E-state index in [-0.39, 0.29) is 0 Å². The number of anilines is 1. The topological polar surface area (TPSA) is 72.9 Å². The van der Waals surface area contributed by atoms with E-state index in [0.717, 1.165) is 19.0 Å². The average Bonchev–Trinajstić information content (AvgIpc) is 2.50. The summed E-state index contributed by atoms with van der Waals surface area (Å²) >= 11 is 0. The number of hydrogen-bond acceptors (Lipinski definition) is 5. The van der Waals surface area contributed by atoms with Crippen LogP contribution in [0.25, 0.3) is 0 Å². The fourth-order valence-corrected chi connectivity index (χ4v) is 1.36. The van der Waals surface area contributed by atoms with Gasteiger partial charge in [0, 0.05) is 26.7 Å². The summed E-state index contributed by atoms with van der Waals surface area (Å²) in [5.41, 5.74) is 5.54. The van der Waals surface area contributed by atoms with E-state index in [1.54, 1.807) is 4.68 Å². The molecule has 6 heteroatoms. The summed E-state index contributed by atoms with van der Waals surface area (Å²) in [5.74, 6) is 1.35. The molecule has 0 aliphatic carbocycles. The molecule has 0 unspecified atom stereocenters. The third kappa shape index (κ3) is 2.66. The SMILES string of the molecule is CC(C)CN(CCN)c1nnnn1C. The number of aryl methyl sites for hydroxylation is 1. The zero-order valence-corrected chi connectivity index (χ0v) is 9.01. The third-order valence-corrected chi connectivity index (χ3v) is 1.87. The quantitative estimate of drug-likeness (QED) is 0.699. The van der Waals surface area contributed by atoms with Gasteiger partial charge in [-0.25, -0.2) is 4.68 Å². The molecular weight excluding hydrogens is 180 g/mol. The molecule has 80 valence electrons. The largest absolute Gasteiger partial charge is 0.338 e. The minimum absolute atomic E-state index is 0.568. The molecule has 2 N–H and O–H groups in total. The van der Waals surface area contributed by atoms with E-state index >= 15 is 0 Å². The summed E-state index contributed by atoms with van der Waals surface area (Å²) in [6.45, 7) is 6.64. The van der Waals surface area contributed by atoms with Gasteiger partial charge < -0.3 is 10.6 Å². The van der Waals surface area contributed by atoms with Gasteiger partial charge in [-0.2, -0.15) is 0 Å². The lowest BCUT2D eigenvalue weighted by Crippen LogP contribution is -2.34. The van der Waals surface area contributed by atoms with Gasteiger partial charge in [0.15, 0.2) is 0 Å². The van der Waals surface area contributed by atoms with E-state index in [2.05, 4.69) is 34.3 Å². The van der Waals surface area contributed by atoms with Crippen LogP contribution in [0, 0.1) is 5.92 Å². The van der Waals surface area contributed by atoms with Crippen molar-refractivity contribution in [3.8, 4) is 0 Å². The minimum atomic E-state index is 0.568. The molecule has 0 atom stereocenters. The molecule has 6 nitrogen and oxygen atoms in total. The lowest BCUT2D eigenvalue weighted by atomic mass is 10.2. The van der Waals surface area contributed by atoms with E-state index in [9.17, 15) is 0 Å². The molecule has 1 aromatic heterocycles. The maximum absolute atomic E-state index is 5.54. The van der Waals surface area contributed by atoms with Crippen molar-refractivity contribution in [2.24, 2.45) is 18.7 Å². The number of aromatic nitrogens is 4. The molecule has 0 aromatic carbocycles. The summed E-state index contributed by atoms with van der Waals surface area (Å²) in [4.78, 5) is 2.10. The van der Waals surface area contributed by atoms with Crippen molar-refractivity contribution in [1.29, 1.82) is 0 Å². The molecule has 0 spiro atoms. The maximum Gasteiger partial charge on any atom is 0.245 e. The monoisotopic (exact) mass is 198 g/mol. The molecule has 1 aromatic rings. The van der Waals surface area contributed by atoms with Crippen molar-refractivity contribution >= 4 is 5.95 Å². The lowest BCUT2D eigenvalue weighted by Gasteiger charge is -2.23. The van der Waals surface area contributed by atoms with Crippen molar-refractivity contribution in [3.63, 3.8) is 0 Å². The van der Waals surface area contributed by atoms with Crippen LogP contribution in [-0.2, 0) is 7.05 Å². The minimum Gasteiger partial charge on any atom is -0.338 e. The van der Waals surface area contributed by atoms with Gasteiger partial charge in [0.25, 0.3) is 0 Å². The first-order valence-corrected chi connectivity index (χ1v) is 4.82. The maximum atomic E-state index is 5.54. The Balaban J connectivity index is 2.72. The number of hydrogen-bond donors (Lipinski definition) is 1. The van der Waals surface area contributed by atoms with Crippen molar-refractivity contribution < 1.29 is 0 Å². The molecule has 0 bridgehead atoms. The molecule has 1 heterocycles. The Labute approximate surface area is 84.1 Å². The Morgan fingerprint density at radius 2 is 2.21 bits per heavy atom. The van der Waals surface area contributed by atoms with Gasteiger partial charge in [0.1, 0.15) is 0 Å². The van der Waals surface area contributed by atoms with Crippen LogP contribution >= 0.6 is 0 Å². The summed E-state index contributed by atoms with van der Waals surface area (Å²) in [5, 5.41) is 11.4. The van der Waals surface area contributed by atoms with Gasteiger partial charge >= 0.3 is 0 Å². The second-order valence-electron chi connectivity index (χ2n) is 3.73. The molecule has 0 fully saturated rings. The first-order valence-electron chi connectivity index (χ1n) is 4.82. The van der Waals surface area contributed by atoms with Crippen LogP contribution in [-0.4, -0.2) is 39.8 Å². The summed E-state index contributed by atoms with van der Waals surface area (Å²) in [6, 6.07) is 0. The molecular formula is C8H18N6. The predicted molar refractivity (Wildman–Crippen MR) is 54.9 cm³/mol. The zero-order valence-electron chi connectivity index (χ0n) is 9.01. The van der Waals surface area contributed by atoms with Crippen LogP contribution < -0.4 is 10.6 Å². The normalized spacial score (nSPS) is 10.9. The molecule has 0 saturated carbocycles. The molecule has 0 radical (unpaired) electrons. The van der Waals surface area contributed by atoms with Crippen molar-refractivity contribution in [2.75, 3.05) is 24.5 Å². The second kappa shape index (κ2) is 4.90. The Bertz CT molecular complexity index is 269. The van der Waals surface area contributed by atoms with Crippen LogP contribution in [0.1, 0.15) is 13.8 Å². The van der Waals surface area contributed by atoms with E-state index in [1.165, 1.54) is 0 Å². The Morgan fingerprint density at radius 1 is 1.50 bits per heavy atom. The first kappa shape index (κ1) is 10.9. The Kier molecular flexibility index (Phi) is 3.82. The predicted octanol–water partition coefficient (Wildman–Crippen LogP) is -0.369. The highest BCUT2D eigenvalue weighted by molar-refractivity contribution is 5.27. The average molecular weight is 198 g/mol. The van der Waals surface area contributed by atoms with E-state index in [1.807, 2.05) is 7.05 Å². The summed E-state index contributed by atoms with van der Waals surface area (Å²) in [7, 11) is 1.83. The number of rotatable bonds is 5. The van der Waals surface area contributed by atoms with Gasteiger partial charge in [-0.05, 0) is 16.3 Å². The number of tetrazole rings is 1. The highest BCUT2D eigenvalue weighted by atomic mass is 15.6. The highest BCUT2D eigenvalue weighted by Crippen LogP contribution is 2.08. The highest BCUT2D eigenvalue weighted by Gasteiger charge is 2.13. The summed E-state index contributed by atoms with van der Waals surface area (Å²) in [6.07, 6.45) is 0. The van der Waals surface area contributed by atoms with Crippen LogP contribution in [0.4, 0.5) is 5.95 Å². The van der Waals surface area contributed by atoms with Gasteiger partial charge in [-0.1, -0.05) is 18.9 Å². The second-order valence-corrected chi connectivity index (χ2v) is 3.73. The Hall–Kier alpha value is -1.17. The smallest absolute Gasteiger partial charge is 0.245 e. The van der Waals surface area contributed by atoms with Gasteiger partial charge in [0.05, 0.1) is 0 Å². The van der Waals surface area contributed by atoms with Crippen molar-refractivity contribution in [2.45, 2.75) is 13.8 Å². The molecule has 0 aliphatic rings. The molecule has 14 heavy (non-hydrogen) atoms. The zero-order chi connectivity index (χ0) is 10.6. The van der Waals surface area contributed by atoms with Gasteiger partial charge in [-0.3, -0.25) is 0 Å². The van der Waals surface area contributed by atoms with Gasteiger partial charge in [-0.15, -0.1) is 0 Å². The molecule has 0 amide bonds. The Morgan fingerprint density at radius 3 is 2.64 bits per heavy atom. The van der Waals surface area contributed by atoms with E-state index in [4.69, 9.17) is 5.73 Å². The van der Waals surface area contributed by atoms with Crippen LogP contribution in [0.2, 0.25) is 0 Å². The summed E-state index contributed by atoms with van der Waals surface area (Å²) < 4.78 is 1.66. The standard InChI is InChI=1S/C8H18N6/c1-7(2)6-14(5-4-9)8-10-11-12-13(8)3/h7H,4-6,9H2,1-3H3. The van der Waals surface area contributed by atoms with E-state index in [0.29, 0.717) is 12.5 Å². The molecule has 0 saturated heterocycles. The van der Waals surface area contributed by atoms with Gasteiger partial charge in [0.2, 0.25) is 5.95 Å². The third-order valence-electron chi connectivity index (χ3n) is 1.87. The van der Waals surface area contributed by atoms with Crippen LogP contribution in [0.3, 0.4) is 0 Å². The van der Waals surface area contributed by atoms with Crippen LogP contribution in [0.15, 0.2) is 0 Å². The fourth-order valence-electron chi connectivity index (χ4n) is 1.36. The van der Waals surface area contributed by atoms with E-state index < -0.39 is 0 Å². The van der Waals surface area contributed by atoms with Crippen molar-refractivity contribution in [3.05, 3.63) is 0 Å². The first-order chi connectivity index (χ1) is 6.65. The fraction of sp³-hybridized carbons (Fsp3) is 0.875.